The molecule has 0 aromatic heterocycles. The van der Waals surface area contributed by atoms with Crippen LogP contribution in [0.3, 0.4) is 0 Å². The van der Waals surface area contributed by atoms with Gasteiger partial charge in [0, 0.05) is 5.69 Å². The second kappa shape index (κ2) is 4.89. The predicted octanol–water partition coefficient (Wildman–Crippen LogP) is 1.92. The van der Waals surface area contributed by atoms with Crippen LogP contribution >= 0.6 is 12.2 Å². The van der Waals surface area contributed by atoms with Gasteiger partial charge in [-0.25, -0.2) is 0 Å². The van der Waals surface area contributed by atoms with E-state index in [0.29, 0.717) is 0 Å². The lowest BCUT2D eigenvalue weighted by Crippen LogP contribution is -2.20. The minimum atomic E-state index is -0.172. The first-order chi connectivity index (χ1) is 6.99. The van der Waals surface area contributed by atoms with E-state index in [-0.39, 0.29) is 17.3 Å². The van der Waals surface area contributed by atoms with E-state index in [4.69, 9.17) is 5.73 Å². The fraction of sp³-hybridized carbons (Fsp3) is 0.273. The number of benzene rings is 1. The van der Waals surface area contributed by atoms with E-state index in [1.54, 1.807) is 0 Å². The van der Waals surface area contributed by atoms with Gasteiger partial charge in [-0.05, 0) is 25.5 Å². The Morgan fingerprint density at radius 3 is 2.67 bits per heavy atom. The highest BCUT2D eigenvalue weighted by Crippen LogP contribution is 2.15. The molecule has 1 rings (SSSR count). The number of anilines is 1. The van der Waals surface area contributed by atoms with Crippen LogP contribution in [-0.2, 0) is 4.79 Å². The Bertz CT molecular complexity index is 402. The molecule has 0 heterocycles. The summed E-state index contributed by atoms with van der Waals surface area (Å²) in [5, 5.41) is 2.76. The Morgan fingerprint density at radius 1 is 1.47 bits per heavy atom. The number of carbonyl (C=O) groups is 1. The van der Waals surface area contributed by atoms with Crippen molar-refractivity contribution < 1.29 is 4.79 Å². The van der Waals surface area contributed by atoms with Crippen LogP contribution in [0, 0.1) is 13.8 Å². The molecule has 3 nitrogen and oxygen atoms in total. The lowest BCUT2D eigenvalue weighted by Gasteiger charge is -2.08. The van der Waals surface area contributed by atoms with Crippen LogP contribution in [0.4, 0.5) is 5.69 Å². The van der Waals surface area contributed by atoms with Crippen molar-refractivity contribution in [3.05, 3.63) is 29.3 Å². The smallest absolute Gasteiger partial charge is 0.231 e. The van der Waals surface area contributed by atoms with Gasteiger partial charge in [-0.1, -0.05) is 29.9 Å². The lowest BCUT2D eigenvalue weighted by atomic mass is 10.1. The molecule has 0 unspecified atom stereocenters. The fourth-order valence-corrected chi connectivity index (χ4v) is 1.44. The zero-order chi connectivity index (χ0) is 11.4. The maximum atomic E-state index is 11.4. The number of hydrogen-bond acceptors (Lipinski definition) is 2. The molecule has 0 aliphatic rings. The van der Waals surface area contributed by atoms with E-state index < -0.39 is 0 Å². The third-order valence-corrected chi connectivity index (χ3v) is 2.14. The largest absolute Gasteiger partial charge is 0.393 e. The van der Waals surface area contributed by atoms with Crippen molar-refractivity contribution >= 4 is 28.8 Å². The van der Waals surface area contributed by atoms with Crippen LogP contribution in [0.1, 0.15) is 17.5 Å². The van der Waals surface area contributed by atoms with Crippen LogP contribution in [0.2, 0.25) is 0 Å². The van der Waals surface area contributed by atoms with Gasteiger partial charge in [0.2, 0.25) is 5.91 Å². The van der Waals surface area contributed by atoms with Crippen molar-refractivity contribution in [2.75, 3.05) is 5.32 Å². The van der Waals surface area contributed by atoms with E-state index in [9.17, 15) is 4.79 Å². The van der Waals surface area contributed by atoms with Gasteiger partial charge < -0.3 is 11.1 Å². The molecule has 0 spiro atoms. The molecule has 0 aliphatic carbocycles. The van der Waals surface area contributed by atoms with E-state index in [0.717, 1.165) is 11.3 Å². The number of nitrogens with one attached hydrogen (secondary N) is 1. The molecule has 1 aromatic carbocycles. The highest BCUT2D eigenvalue weighted by Gasteiger charge is 2.05. The van der Waals surface area contributed by atoms with Gasteiger partial charge in [0.05, 0.1) is 11.4 Å². The van der Waals surface area contributed by atoms with Crippen LogP contribution in [0.15, 0.2) is 18.2 Å². The number of rotatable bonds is 3. The lowest BCUT2D eigenvalue weighted by molar-refractivity contribution is -0.115. The van der Waals surface area contributed by atoms with Crippen LogP contribution < -0.4 is 11.1 Å². The van der Waals surface area contributed by atoms with Gasteiger partial charge in [-0.2, -0.15) is 0 Å². The normalized spacial score (nSPS) is 9.73. The molecule has 4 heteroatoms. The minimum Gasteiger partial charge on any atom is -0.393 e. The number of thiocarbonyl (C=S) groups is 1. The summed E-state index contributed by atoms with van der Waals surface area (Å²) in [5.74, 6) is -0.172. The number of aryl methyl sites for hydroxylation is 2. The van der Waals surface area contributed by atoms with E-state index in [2.05, 4.69) is 17.5 Å². The Kier molecular flexibility index (Phi) is 3.80. The Labute approximate surface area is 94.7 Å². The third-order valence-electron chi connectivity index (χ3n) is 1.99. The molecule has 1 aromatic rings. The summed E-state index contributed by atoms with van der Waals surface area (Å²) < 4.78 is 0. The Hall–Kier alpha value is -1.42. The minimum absolute atomic E-state index is 0.0860. The van der Waals surface area contributed by atoms with Crippen LogP contribution in [0.25, 0.3) is 0 Å². The van der Waals surface area contributed by atoms with Crippen LogP contribution in [0.5, 0.6) is 0 Å². The molecule has 0 fully saturated rings. The zero-order valence-electron chi connectivity index (χ0n) is 8.83. The second-order valence-corrected chi connectivity index (χ2v) is 4.03. The maximum Gasteiger partial charge on any atom is 0.231 e. The molecule has 0 radical (unpaired) electrons. The summed E-state index contributed by atoms with van der Waals surface area (Å²) in [6, 6.07) is 5.84. The number of carbonyl (C=O) groups excluding carboxylic acids is 1. The Morgan fingerprint density at radius 2 is 2.13 bits per heavy atom. The van der Waals surface area contributed by atoms with Gasteiger partial charge >= 0.3 is 0 Å². The first kappa shape index (κ1) is 11.7. The van der Waals surface area contributed by atoms with Crippen molar-refractivity contribution in [2.45, 2.75) is 20.3 Å². The third kappa shape index (κ3) is 3.67. The molecule has 80 valence electrons. The molecule has 0 saturated heterocycles. The number of nitrogens with two attached hydrogens (primary N) is 1. The molecular weight excluding hydrogens is 208 g/mol. The van der Waals surface area contributed by atoms with E-state index >= 15 is 0 Å². The highest BCUT2D eigenvalue weighted by molar-refractivity contribution is 7.80. The van der Waals surface area contributed by atoms with Gasteiger partial charge in [0.15, 0.2) is 0 Å². The zero-order valence-corrected chi connectivity index (χ0v) is 9.65. The van der Waals surface area contributed by atoms with Crippen LogP contribution in [-0.4, -0.2) is 10.9 Å². The number of hydrogen-bond donors (Lipinski definition) is 2. The van der Waals surface area contributed by atoms with Gasteiger partial charge in [0.25, 0.3) is 0 Å². The molecule has 1 amide bonds. The van der Waals surface area contributed by atoms with Gasteiger partial charge in [-0.15, -0.1) is 0 Å². The average molecular weight is 222 g/mol. The summed E-state index contributed by atoms with van der Waals surface area (Å²) in [4.78, 5) is 11.6. The summed E-state index contributed by atoms with van der Waals surface area (Å²) in [7, 11) is 0. The first-order valence-corrected chi connectivity index (χ1v) is 5.05. The molecule has 0 aliphatic heterocycles. The van der Waals surface area contributed by atoms with Gasteiger partial charge in [-0.3, -0.25) is 4.79 Å². The summed E-state index contributed by atoms with van der Waals surface area (Å²) >= 11 is 4.66. The molecule has 15 heavy (non-hydrogen) atoms. The van der Waals surface area contributed by atoms with Crippen molar-refractivity contribution in [3.8, 4) is 0 Å². The molecule has 0 atom stereocenters. The van der Waals surface area contributed by atoms with Gasteiger partial charge in [0.1, 0.15) is 0 Å². The number of amides is 1. The fourth-order valence-electron chi connectivity index (χ4n) is 1.31. The average Bonchev–Trinajstić information content (AvgIpc) is 2.08. The quantitative estimate of drug-likeness (QED) is 0.768. The van der Waals surface area contributed by atoms with Crippen molar-refractivity contribution in [2.24, 2.45) is 5.73 Å². The van der Waals surface area contributed by atoms with Crippen molar-refractivity contribution in [1.29, 1.82) is 0 Å². The second-order valence-electron chi connectivity index (χ2n) is 3.51. The summed E-state index contributed by atoms with van der Waals surface area (Å²) in [6.45, 7) is 3.96. The summed E-state index contributed by atoms with van der Waals surface area (Å²) in [6.07, 6.45) is 0.0860. The first-order valence-electron chi connectivity index (χ1n) is 4.64. The SMILES string of the molecule is Cc1ccc(NC(=O)CC(N)=S)c(C)c1. The molecule has 0 bridgehead atoms. The standard InChI is InChI=1S/C11H14N2OS/c1-7-3-4-9(8(2)5-7)13-11(14)6-10(12)15/h3-5H,6H2,1-2H3,(H2,12,15)(H,13,14). The highest BCUT2D eigenvalue weighted by atomic mass is 32.1. The summed E-state index contributed by atoms with van der Waals surface area (Å²) in [5.41, 5.74) is 8.29. The monoisotopic (exact) mass is 222 g/mol. The molecule has 3 N–H and O–H groups in total. The Balaban J connectivity index is 2.72. The predicted molar refractivity (Wildman–Crippen MR) is 65.9 cm³/mol. The topological polar surface area (TPSA) is 55.1 Å². The maximum absolute atomic E-state index is 11.4. The van der Waals surface area contributed by atoms with Crippen molar-refractivity contribution in [1.82, 2.24) is 0 Å². The molecule has 0 saturated carbocycles. The van der Waals surface area contributed by atoms with Crippen molar-refractivity contribution in [3.63, 3.8) is 0 Å². The van der Waals surface area contributed by atoms with E-state index in [1.165, 1.54) is 5.56 Å². The van der Waals surface area contributed by atoms with E-state index in [1.807, 2.05) is 32.0 Å². The molecular formula is C11H14N2OS.